The minimum Gasteiger partial charge on any atom is -0.481 e. The van der Waals surface area contributed by atoms with Crippen LogP contribution in [0.4, 0.5) is 22.0 Å². The zero-order valence-electron chi connectivity index (χ0n) is 20.3. The maximum absolute atomic E-state index is 14.3. The molecule has 0 spiro atoms. The summed E-state index contributed by atoms with van der Waals surface area (Å²) in [6.07, 6.45) is -1.08. The Hall–Kier alpha value is -1.70. The van der Waals surface area contributed by atoms with Crippen molar-refractivity contribution in [2.75, 3.05) is 6.54 Å². The molecule has 1 heterocycles. The van der Waals surface area contributed by atoms with Crippen LogP contribution in [0.1, 0.15) is 90.3 Å². The average molecular weight is 480 g/mol. The third-order valence-electron chi connectivity index (χ3n) is 5.87. The van der Waals surface area contributed by atoms with Gasteiger partial charge in [-0.05, 0) is 55.2 Å². The first-order valence-corrected chi connectivity index (χ1v) is 11.6. The van der Waals surface area contributed by atoms with Crippen molar-refractivity contribution >= 4 is 5.97 Å². The number of aliphatic carboxylic acids is 1. The predicted octanol–water partition coefficient (Wildman–Crippen LogP) is 7.81. The van der Waals surface area contributed by atoms with Crippen LogP contribution in [0, 0.1) is 11.8 Å². The number of carbonyl (C=O) groups is 1. The average Bonchev–Trinajstić information content (AvgIpc) is 2.66. The highest BCUT2D eigenvalue weighted by Crippen LogP contribution is 2.43. The van der Waals surface area contributed by atoms with Gasteiger partial charge in [0.1, 0.15) is 0 Å². The zero-order chi connectivity index (χ0) is 25.4. The molecular formula is C25H38F5NO2. The summed E-state index contributed by atoms with van der Waals surface area (Å²) in [4.78, 5) is 11.1. The first kappa shape index (κ1) is 29.3. The second-order valence-electron chi connectivity index (χ2n) is 9.80. The predicted molar refractivity (Wildman–Crippen MR) is 120 cm³/mol. The molecule has 0 aliphatic carbocycles. The summed E-state index contributed by atoms with van der Waals surface area (Å²) in [5.41, 5.74) is -0.192. The van der Waals surface area contributed by atoms with Gasteiger partial charge in [-0.3, -0.25) is 9.69 Å². The van der Waals surface area contributed by atoms with Crippen molar-refractivity contribution < 1.29 is 31.9 Å². The van der Waals surface area contributed by atoms with E-state index in [2.05, 4.69) is 32.6 Å². The highest BCUT2D eigenvalue weighted by atomic mass is 19.4. The first-order chi connectivity index (χ1) is 15.1. The van der Waals surface area contributed by atoms with E-state index in [9.17, 15) is 22.0 Å². The van der Waals surface area contributed by atoms with E-state index >= 15 is 0 Å². The Morgan fingerprint density at radius 3 is 1.88 bits per heavy atom. The lowest BCUT2D eigenvalue weighted by atomic mass is 9.87. The number of nitrogens with zero attached hydrogens (tertiary/aromatic N) is 1. The largest absolute Gasteiger partial charge is 0.481 e. The van der Waals surface area contributed by atoms with Crippen molar-refractivity contribution in [3.63, 3.8) is 0 Å². The molecule has 1 N–H and O–H groups in total. The van der Waals surface area contributed by atoms with Gasteiger partial charge < -0.3 is 5.11 Å². The monoisotopic (exact) mass is 479 g/mol. The highest BCUT2D eigenvalue weighted by molar-refractivity contribution is 5.62. The molecule has 1 saturated heterocycles. The maximum atomic E-state index is 14.3. The number of likely N-dealkylation sites (tertiary alicyclic amines) is 1. The van der Waals surface area contributed by atoms with Gasteiger partial charge in [-0.25, -0.2) is 8.78 Å². The van der Waals surface area contributed by atoms with E-state index in [1.54, 1.807) is 0 Å². The third kappa shape index (κ3) is 10.8. The normalized spacial score (nSPS) is 19.0. The van der Waals surface area contributed by atoms with E-state index in [1.807, 2.05) is 0 Å². The van der Waals surface area contributed by atoms with Crippen LogP contribution in [-0.4, -0.2) is 34.5 Å². The van der Waals surface area contributed by atoms with Crippen molar-refractivity contribution in [1.82, 2.24) is 4.90 Å². The van der Waals surface area contributed by atoms with Crippen LogP contribution in [0.15, 0.2) is 24.3 Å². The van der Waals surface area contributed by atoms with Crippen LogP contribution in [0.3, 0.4) is 0 Å². The van der Waals surface area contributed by atoms with Crippen molar-refractivity contribution in [3.8, 4) is 0 Å². The van der Waals surface area contributed by atoms with Gasteiger partial charge in [-0.15, -0.1) is 0 Å². The van der Waals surface area contributed by atoms with Gasteiger partial charge in [0.25, 0.3) is 11.9 Å². The van der Waals surface area contributed by atoms with Crippen LogP contribution in [0.25, 0.3) is 0 Å². The lowest BCUT2D eigenvalue weighted by Crippen LogP contribution is -2.47. The summed E-state index contributed by atoms with van der Waals surface area (Å²) in [6, 6.07) is 4.40. The third-order valence-corrected chi connectivity index (χ3v) is 5.87. The molecular weight excluding hydrogens is 441 g/mol. The lowest BCUT2D eigenvalue weighted by Gasteiger charge is -2.44. The van der Waals surface area contributed by atoms with E-state index < -0.39 is 29.7 Å². The van der Waals surface area contributed by atoms with Crippen LogP contribution in [0.5, 0.6) is 0 Å². The minimum absolute atomic E-state index is 0.170. The van der Waals surface area contributed by atoms with Crippen molar-refractivity contribution in [3.05, 3.63) is 35.4 Å². The van der Waals surface area contributed by atoms with E-state index in [0.29, 0.717) is 17.4 Å². The number of piperidine rings is 1. The second kappa shape index (κ2) is 12.7. The standard InChI is InChI=1S/C23H34F5N.C2H4O2/c1-16(2)5-11-20(12-6-17(3)4)29-14-13-22(24,25)15-21(29)18-7-9-19(10-8-18)23(26,27)28;1-2(3)4/h7-10,16-17,20-21H,5-6,11-15H2,1-4H3;1H3,(H,3,4). The van der Waals surface area contributed by atoms with Gasteiger partial charge in [-0.2, -0.15) is 13.2 Å². The highest BCUT2D eigenvalue weighted by Gasteiger charge is 2.43. The minimum atomic E-state index is -4.42. The van der Waals surface area contributed by atoms with Gasteiger partial charge in [-0.1, -0.05) is 39.8 Å². The van der Waals surface area contributed by atoms with Crippen LogP contribution in [-0.2, 0) is 11.0 Å². The molecule has 2 rings (SSSR count). The number of carboxylic acid groups (broad SMARTS) is 1. The summed E-state index contributed by atoms with van der Waals surface area (Å²) in [5.74, 6) is -2.58. The van der Waals surface area contributed by atoms with E-state index in [4.69, 9.17) is 9.90 Å². The Kier molecular flexibility index (Phi) is 11.3. The molecule has 0 aromatic heterocycles. The molecule has 1 aromatic carbocycles. The number of benzene rings is 1. The quantitative estimate of drug-likeness (QED) is 0.387. The molecule has 1 aliphatic rings. The van der Waals surface area contributed by atoms with E-state index in [-0.39, 0.29) is 25.4 Å². The first-order valence-electron chi connectivity index (χ1n) is 11.6. The Balaban J connectivity index is 0.00000125. The molecule has 1 fully saturated rings. The number of carboxylic acids is 1. The van der Waals surface area contributed by atoms with Gasteiger partial charge in [0.05, 0.1) is 5.56 Å². The zero-order valence-corrected chi connectivity index (χ0v) is 20.3. The Morgan fingerprint density at radius 2 is 1.48 bits per heavy atom. The van der Waals surface area contributed by atoms with Crippen LogP contribution in [0.2, 0.25) is 0 Å². The molecule has 1 aromatic rings. The Labute approximate surface area is 194 Å². The number of hydrogen-bond acceptors (Lipinski definition) is 2. The number of halogens is 5. The fourth-order valence-corrected chi connectivity index (χ4v) is 4.12. The SMILES string of the molecule is CC(=O)O.CC(C)CCC(CCC(C)C)N1CCC(F)(F)CC1c1ccc(C(F)(F)F)cc1. The van der Waals surface area contributed by atoms with Gasteiger partial charge in [0, 0.05) is 38.4 Å². The number of hydrogen-bond donors (Lipinski definition) is 1. The van der Waals surface area contributed by atoms with E-state index in [0.717, 1.165) is 44.7 Å². The smallest absolute Gasteiger partial charge is 0.416 e. The van der Waals surface area contributed by atoms with Gasteiger partial charge in [0.15, 0.2) is 0 Å². The Bertz CT molecular complexity index is 701. The summed E-state index contributed by atoms with van der Waals surface area (Å²) in [7, 11) is 0. The molecule has 33 heavy (non-hydrogen) atoms. The van der Waals surface area contributed by atoms with Crippen LogP contribution >= 0.6 is 0 Å². The lowest BCUT2D eigenvalue weighted by molar-refractivity contribution is -0.137. The summed E-state index contributed by atoms with van der Waals surface area (Å²) in [5, 5.41) is 7.42. The van der Waals surface area contributed by atoms with Crippen LogP contribution < -0.4 is 0 Å². The van der Waals surface area contributed by atoms with Gasteiger partial charge >= 0.3 is 6.18 Å². The topological polar surface area (TPSA) is 40.5 Å². The van der Waals surface area contributed by atoms with Crippen molar-refractivity contribution in [1.29, 1.82) is 0 Å². The maximum Gasteiger partial charge on any atom is 0.416 e. The molecule has 0 radical (unpaired) electrons. The molecule has 0 amide bonds. The van der Waals surface area contributed by atoms with Crippen molar-refractivity contribution in [2.45, 2.75) is 97.3 Å². The summed E-state index contributed by atoms with van der Waals surface area (Å²) in [6.45, 7) is 9.96. The molecule has 8 heteroatoms. The molecule has 3 nitrogen and oxygen atoms in total. The number of alkyl halides is 5. The van der Waals surface area contributed by atoms with E-state index in [1.165, 1.54) is 12.1 Å². The molecule has 190 valence electrons. The Morgan fingerprint density at radius 1 is 1.03 bits per heavy atom. The van der Waals surface area contributed by atoms with Crippen molar-refractivity contribution in [2.24, 2.45) is 11.8 Å². The fraction of sp³-hybridized carbons (Fsp3) is 0.720. The molecule has 0 bridgehead atoms. The fourth-order valence-electron chi connectivity index (χ4n) is 4.12. The molecule has 1 atom stereocenters. The summed E-state index contributed by atoms with van der Waals surface area (Å²) >= 11 is 0. The number of rotatable bonds is 8. The molecule has 1 unspecified atom stereocenters. The molecule has 0 saturated carbocycles. The second-order valence-corrected chi connectivity index (χ2v) is 9.80. The molecule has 1 aliphatic heterocycles. The summed E-state index contributed by atoms with van der Waals surface area (Å²) < 4.78 is 67.3. The van der Waals surface area contributed by atoms with Gasteiger partial charge in [0.2, 0.25) is 0 Å².